The molecule has 1 aromatic carbocycles. The SMILES string of the molecule is CC[C@H](O)c1ccccc1Sc1ccncn1. The Kier molecular flexibility index (Phi) is 4.12. The fraction of sp³-hybridized carbons (Fsp3) is 0.231. The van der Waals surface area contributed by atoms with Gasteiger partial charge in [0.25, 0.3) is 0 Å². The van der Waals surface area contributed by atoms with Crippen molar-refractivity contribution >= 4 is 11.8 Å². The average Bonchev–Trinajstić information content (AvgIpc) is 2.40. The molecule has 0 bridgehead atoms. The third-order valence-electron chi connectivity index (χ3n) is 2.43. The first kappa shape index (κ1) is 12.1. The van der Waals surface area contributed by atoms with E-state index in [9.17, 15) is 5.11 Å². The van der Waals surface area contributed by atoms with Crippen molar-refractivity contribution in [2.45, 2.75) is 29.4 Å². The number of aliphatic hydroxyl groups excluding tert-OH is 1. The van der Waals surface area contributed by atoms with Gasteiger partial charge in [-0.3, -0.25) is 0 Å². The van der Waals surface area contributed by atoms with Crippen LogP contribution in [-0.2, 0) is 0 Å². The van der Waals surface area contributed by atoms with E-state index < -0.39 is 6.10 Å². The molecular weight excluding hydrogens is 232 g/mol. The maximum atomic E-state index is 9.94. The summed E-state index contributed by atoms with van der Waals surface area (Å²) in [5, 5.41) is 10.8. The van der Waals surface area contributed by atoms with Crippen LogP contribution in [0.4, 0.5) is 0 Å². The average molecular weight is 246 g/mol. The van der Waals surface area contributed by atoms with Crippen LogP contribution < -0.4 is 0 Å². The molecule has 0 aliphatic carbocycles. The summed E-state index contributed by atoms with van der Waals surface area (Å²) in [5.41, 5.74) is 0.957. The Morgan fingerprint density at radius 1 is 1.29 bits per heavy atom. The highest BCUT2D eigenvalue weighted by Gasteiger charge is 2.11. The molecule has 1 N–H and O–H groups in total. The zero-order valence-corrected chi connectivity index (χ0v) is 10.4. The largest absolute Gasteiger partial charge is 0.388 e. The van der Waals surface area contributed by atoms with E-state index in [1.54, 1.807) is 18.0 Å². The molecule has 0 fully saturated rings. The molecule has 0 spiro atoms. The molecule has 0 unspecified atom stereocenters. The van der Waals surface area contributed by atoms with Crippen LogP contribution in [0.1, 0.15) is 25.0 Å². The first-order chi connectivity index (χ1) is 8.31. The second kappa shape index (κ2) is 5.80. The number of aliphatic hydroxyl groups is 1. The molecule has 0 saturated heterocycles. The summed E-state index contributed by atoms with van der Waals surface area (Å²) in [6.45, 7) is 1.97. The van der Waals surface area contributed by atoms with Gasteiger partial charge in [-0.25, -0.2) is 9.97 Å². The third kappa shape index (κ3) is 3.05. The van der Waals surface area contributed by atoms with Gasteiger partial charge < -0.3 is 5.11 Å². The van der Waals surface area contributed by atoms with E-state index >= 15 is 0 Å². The Bertz CT molecular complexity index is 476. The van der Waals surface area contributed by atoms with E-state index in [2.05, 4.69) is 9.97 Å². The fourth-order valence-electron chi connectivity index (χ4n) is 1.52. The molecule has 2 aromatic rings. The molecule has 2 rings (SSSR count). The highest BCUT2D eigenvalue weighted by Crippen LogP contribution is 2.32. The Labute approximate surface area is 105 Å². The summed E-state index contributed by atoms with van der Waals surface area (Å²) in [4.78, 5) is 9.10. The molecule has 17 heavy (non-hydrogen) atoms. The smallest absolute Gasteiger partial charge is 0.116 e. The standard InChI is InChI=1S/C13H14N2OS/c1-2-11(16)10-5-3-4-6-12(10)17-13-7-8-14-9-15-13/h3-9,11,16H,2H2,1H3/t11-/m0/s1. The minimum atomic E-state index is -0.416. The van der Waals surface area contributed by atoms with Gasteiger partial charge >= 0.3 is 0 Å². The molecule has 4 heteroatoms. The van der Waals surface area contributed by atoms with E-state index in [1.165, 1.54) is 6.33 Å². The third-order valence-corrected chi connectivity index (χ3v) is 3.48. The van der Waals surface area contributed by atoms with Crippen LogP contribution in [0.2, 0.25) is 0 Å². The van der Waals surface area contributed by atoms with Gasteiger partial charge in [0.2, 0.25) is 0 Å². The maximum absolute atomic E-state index is 9.94. The van der Waals surface area contributed by atoms with Crippen molar-refractivity contribution in [1.29, 1.82) is 0 Å². The molecule has 0 amide bonds. The lowest BCUT2D eigenvalue weighted by Gasteiger charge is -2.12. The predicted molar refractivity (Wildman–Crippen MR) is 67.8 cm³/mol. The minimum Gasteiger partial charge on any atom is -0.388 e. The number of hydrogen-bond acceptors (Lipinski definition) is 4. The Balaban J connectivity index is 2.27. The van der Waals surface area contributed by atoms with Crippen molar-refractivity contribution in [1.82, 2.24) is 9.97 Å². The molecule has 1 aromatic heterocycles. The van der Waals surface area contributed by atoms with E-state index in [4.69, 9.17) is 0 Å². The highest BCUT2D eigenvalue weighted by atomic mass is 32.2. The van der Waals surface area contributed by atoms with Crippen LogP contribution in [0.25, 0.3) is 0 Å². The lowest BCUT2D eigenvalue weighted by molar-refractivity contribution is 0.171. The number of nitrogens with zero attached hydrogens (tertiary/aromatic N) is 2. The summed E-state index contributed by atoms with van der Waals surface area (Å²) in [6.07, 6.45) is 3.54. The number of aromatic nitrogens is 2. The lowest BCUT2D eigenvalue weighted by atomic mass is 10.1. The van der Waals surface area contributed by atoms with Crippen LogP contribution in [0.5, 0.6) is 0 Å². The molecule has 1 heterocycles. The number of benzene rings is 1. The summed E-state index contributed by atoms with van der Waals surface area (Å²) in [7, 11) is 0. The maximum Gasteiger partial charge on any atom is 0.116 e. The summed E-state index contributed by atoms with van der Waals surface area (Å²) in [6, 6.07) is 9.73. The molecule has 0 radical (unpaired) electrons. The van der Waals surface area contributed by atoms with Crippen molar-refractivity contribution in [3.05, 3.63) is 48.4 Å². The summed E-state index contributed by atoms with van der Waals surface area (Å²) in [5.74, 6) is 0. The van der Waals surface area contributed by atoms with Gasteiger partial charge in [-0.15, -0.1) is 0 Å². The van der Waals surface area contributed by atoms with Crippen LogP contribution >= 0.6 is 11.8 Å². The van der Waals surface area contributed by atoms with Gasteiger partial charge in [0.05, 0.1) is 6.10 Å². The Morgan fingerprint density at radius 2 is 2.12 bits per heavy atom. The molecule has 0 saturated carbocycles. The summed E-state index contributed by atoms with van der Waals surface area (Å²) >= 11 is 1.55. The molecule has 88 valence electrons. The number of rotatable bonds is 4. The Hall–Kier alpha value is -1.39. The molecule has 3 nitrogen and oxygen atoms in total. The molecule has 1 atom stereocenters. The van der Waals surface area contributed by atoms with Gasteiger partial charge in [-0.2, -0.15) is 0 Å². The first-order valence-corrected chi connectivity index (χ1v) is 6.33. The van der Waals surface area contributed by atoms with Crippen LogP contribution in [-0.4, -0.2) is 15.1 Å². The summed E-state index contributed by atoms with van der Waals surface area (Å²) < 4.78 is 0. The van der Waals surface area contributed by atoms with Gasteiger partial charge in [-0.1, -0.05) is 36.9 Å². The van der Waals surface area contributed by atoms with E-state index in [0.717, 1.165) is 15.5 Å². The van der Waals surface area contributed by atoms with E-state index in [1.807, 2.05) is 37.3 Å². The topological polar surface area (TPSA) is 46.0 Å². The zero-order chi connectivity index (χ0) is 12.1. The van der Waals surface area contributed by atoms with Gasteiger partial charge in [0, 0.05) is 11.1 Å². The lowest BCUT2D eigenvalue weighted by Crippen LogP contribution is -1.97. The van der Waals surface area contributed by atoms with E-state index in [0.29, 0.717) is 6.42 Å². The van der Waals surface area contributed by atoms with Crippen LogP contribution in [0.15, 0.2) is 52.8 Å². The van der Waals surface area contributed by atoms with Crippen LogP contribution in [0, 0.1) is 0 Å². The van der Waals surface area contributed by atoms with Gasteiger partial charge in [-0.05, 0) is 24.1 Å². The van der Waals surface area contributed by atoms with Crippen molar-refractivity contribution in [2.24, 2.45) is 0 Å². The van der Waals surface area contributed by atoms with Gasteiger partial charge in [0.1, 0.15) is 11.4 Å². The van der Waals surface area contributed by atoms with E-state index in [-0.39, 0.29) is 0 Å². The van der Waals surface area contributed by atoms with Crippen LogP contribution in [0.3, 0.4) is 0 Å². The predicted octanol–water partition coefficient (Wildman–Crippen LogP) is 3.07. The second-order valence-electron chi connectivity index (χ2n) is 3.61. The van der Waals surface area contributed by atoms with Gasteiger partial charge in [0.15, 0.2) is 0 Å². The highest BCUT2D eigenvalue weighted by molar-refractivity contribution is 7.99. The Morgan fingerprint density at radius 3 is 2.82 bits per heavy atom. The normalized spacial score (nSPS) is 12.4. The number of hydrogen-bond donors (Lipinski definition) is 1. The van der Waals surface area contributed by atoms with Crippen molar-refractivity contribution in [2.75, 3.05) is 0 Å². The second-order valence-corrected chi connectivity index (χ2v) is 4.67. The minimum absolute atomic E-state index is 0.416. The fourth-order valence-corrected chi connectivity index (χ4v) is 2.44. The molecule has 0 aliphatic rings. The molecular formula is C13H14N2OS. The van der Waals surface area contributed by atoms with Crippen molar-refractivity contribution < 1.29 is 5.11 Å². The van der Waals surface area contributed by atoms with Crippen molar-refractivity contribution in [3.8, 4) is 0 Å². The molecule has 0 aliphatic heterocycles. The first-order valence-electron chi connectivity index (χ1n) is 5.52. The quantitative estimate of drug-likeness (QED) is 0.842. The monoisotopic (exact) mass is 246 g/mol. The van der Waals surface area contributed by atoms with Crippen molar-refractivity contribution in [3.63, 3.8) is 0 Å². The zero-order valence-electron chi connectivity index (χ0n) is 9.58.